The van der Waals surface area contributed by atoms with E-state index in [2.05, 4.69) is 6.92 Å². The minimum atomic E-state index is -0.973. The second-order valence-corrected chi connectivity index (χ2v) is 4.53. The summed E-state index contributed by atoms with van der Waals surface area (Å²) < 4.78 is 0. The number of carbonyl (C=O) groups is 2. The Hall–Kier alpha value is -1.84. The van der Waals surface area contributed by atoms with Gasteiger partial charge in [0.1, 0.15) is 0 Å². The van der Waals surface area contributed by atoms with Gasteiger partial charge >= 0.3 is 5.97 Å². The summed E-state index contributed by atoms with van der Waals surface area (Å²) in [4.78, 5) is 24.6. The molecule has 4 heteroatoms. The van der Waals surface area contributed by atoms with Crippen molar-refractivity contribution >= 4 is 11.9 Å². The van der Waals surface area contributed by atoms with Gasteiger partial charge in [0.15, 0.2) is 0 Å². The lowest BCUT2D eigenvalue weighted by Gasteiger charge is -2.15. The van der Waals surface area contributed by atoms with Gasteiger partial charge in [-0.05, 0) is 36.6 Å². The first kappa shape index (κ1) is 11.6. The molecule has 0 radical (unpaired) electrons. The van der Waals surface area contributed by atoms with Crippen LogP contribution in [0.5, 0.6) is 0 Å². The van der Waals surface area contributed by atoms with E-state index in [-0.39, 0.29) is 11.5 Å². The number of nitrogens with zero attached hydrogens (tertiary/aromatic N) is 1. The van der Waals surface area contributed by atoms with Crippen LogP contribution in [0.2, 0.25) is 0 Å². The molecule has 17 heavy (non-hydrogen) atoms. The van der Waals surface area contributed by atoms with Gasteiger partial charge in [0.2, 0.25) is 0 Å². The maximum Gasteiger partial charge on any atom is 0.335 e. The fourth-order valence-corrected chi connectivity index (χ4v) is 2.06. The Morgan fingerprint density at radius 1 is 1.24 bits per heavy atom. The van der Waals surface area contributed by atoms with Crippen molar-refractivity contribution in [3.63, 3.8) is 0 Å². The Kier molecular flexibility index (Phi) is 3.13. The zero-order valence-electron chi connectivity index (χ0n) is 9.72. The number of benzene rings is 1. The van der Waals surface area contributed by atoms with Crippen LogP contribution in [0.1, 0.15) is 34.1 Å². The average molecular weight is 233 g/mol. The predicted octanol–water partition coefficient (Wildman–Crippen LogP) is 1.87. The van der Waals surface area contributed by atoms with Gasteiger partial charge in [-0.2, -0.15) is 0 Å². The van der Waals surface area contributed by atoms with Gasteiger partial charge in [0.05, 0.1) is 5.56 Å². The first-order chi connectivity index (χ1) is 8.08. The molecular formula is C13H15NO3. The van der Waals surface area contributed by atoms with Crippen molar-refractivity contribution in [1.82, 2.24) is 4.90 Å². The van der Waals surface area contributed by atoms with Crippen molar-refractivity contribution in [2.75, 3.05) is 13.1 Å². The number of amides is 1. The lowest BCUT2D eigenvalue weighted by atomic mass is 10.1. The number of carboxylic acids is 1. The minimum Gasteiger partial charge on any atom is -0.478 e. The van der Waals surface area contributed by atoms with E-state index in [0.29, 0.717) is 11.5 Å². The monoisotopic (exact) mass is 233 g/mol. The number of rotatable bonds is 2. The van der Waals surface area contributed by atoms with Gasteiger partial charge < -0.3 is 10.0 Å². The van der Waals surface area contributed by atoms with Crippen molar-refractivity contribution in [3.8, 4) is 0 Å². The molecule has 0 bridgehead atoms. The third kappa shape index (κ3) is 2.46. The maximum atomic E-state index is 12.1. The number of likely N-dealkylation sites (tertiary alicyclic amines) is 1. The van der Waals surface area contributed by atoms with Crippen molar-refractivity contribution in [2.24, 2.45) is 5.92 Å². The third-order valence-electron chi connectivity index (χ3n) is 3.09. The van der Waals surface area contributed by atoms with Crippen molar-refractivity contribution in [3.05, 3.63) is 35.4 Å². The topological polar surface area (TPSA) is 57.6 Å². The molecule has 1 saturated heterocycles. The third-order valence-corrected chi connectivity index (χ3v) is 3.09. The highest BCUT2D eigenvalue weighted by atomic mass is 16.4. The molecule has 4 nitrogen and oxygen atoms in total. The number of carbonyl (C=O) groups excluding carboxylic acids is 1. The lowest BCUT2D eigenvalue weighted by Crippen LogP contribution is -2.28. The number of aromatic carboxylic acids is 1. The summed E-state index contributed by atoms with van der Waals surface area (Å²) in [5.41, 5.74) is 0.764. The van der Waals surface area contributed by atoms with E-state index in [9.17, 15) is 9.59 Å². The molecule has 1 aliphatic rings. The van der Waals surface area contributed by atoms with Crippen LogP contribution < -0.4 is 0 Å². The summed E-state index contributed by atoms with van der Waals surface area (Å²) in [6.45, 7) is 3.71. The Bertz CT molecular complexity index is 438. The van der Waals surface area contributed by atoms with Crippen molar-refractivity contribution in [2.45, 2.75) is 13.3 Å². The van der Waals surface area contributed by atoms with E-state index < -0.39 is 5.97 Å². The summed E-state index contributed by atoms with van der Waals surface area (Å²) in [6, 6.07) is 6.09. The average Bonchev–Trinajstić information content (AvgIpc) is 2.75. The SMILES string of the molecule is CC1CCN(C(=O)c2ccc(C(=O)O)cc2)C1. The van der Waals surface area contributed by atoms with Crippen LogP contribution in [-0.2, 0) is 0 Å². The van der Waals surface area contributed by atoms with Crippen LogP contribution in [0.15, 0.2) is 24.3 Å². The molecule has 0 aromatic heterocycles. The summed E-state index contributed by atoms with van der Waals surface area (Å²) in [6.07, 6.45) is 1.04. The highest BCUT2D eigenvalue weighted by Crippen LogP contribution is 2.18. The second kappa shape index (κ2) is 4.57. The zero-order valence-corrected chi connectivity index (χ0v) is 9.72. The van der Waals surface area contributed by atoms with E-state index in [4.69, 9.17) is 5.11 Å². The Morgan fingerprint density at radius 3 is 2.29 bits per heavy atom. The molecule has 1 aromatic carbocycles. The first-order valence-electron chi connectivity index (χ1n) is 5.70. The molecule has 1 amide bonds. The first-order valence-corrected chi connectivity index (χ1v) is 5.70. The van der Waals surface area contributed by atoms with Crippen LogP contribution >= 0.6 is 0 Å². The second-order valence-electron chi connectivity index (χ2n) is 4.53. The maximum absolute atomic E-state index is 12.1. The normalized spacial score (nSPS) is 19.4. The summed E-state index contributed by atoms with van der Waals surface area (Å²) in [5.74, 6) is -0.428. The molecule has 0 aliphatic carbocycles. The molecule has 0 saturated carbocycles. The fourth-order valence-electron chi connectivity index (χ4n) is 2.06. The quantitative estimate of drug-likeness (QED) is 0.848. The van der Waals surface area contributed by atoms with E-state index in [1.165, 1.54) is 12.1 Å². The Morgan fingerprint density at radius 2 is 1.82 bits per heavy atom. The van der Waals surface area contributed by atoms with Crippen LogP contribution in [-0.4, -0.2) is 35.0 Å². The number of carboxylic acid groups (broad SMARTS) is 1. The van der Waals surface area contributed by atoms with Crippen molar-refractivity contribution in [1.29, 1.82) is 0 Å². The van der Waals surface area contributed by atoms with Crippen LogP contribution in [0, 0.1) is 5.92 Å². The predicted molar refractivity (Wildman–Crippen MR) is 63.1 cm³/mol. The van der Waals surface area contributed by atoms with Crippen molar-refractivity contribution < 1.29 is 14.7 Å². The van der Waals surface area contributed by atoms with Crippen LogP contribution in [0.25, 0.3) is 0 Å². The molecule has 1 fully saturated rings. The van der Waals surface area contributed by atoms with Gasteiger partial charge in [0, 0.05) is 18.7 Å². The van der Waals surface area contributed by atoms with Gasteiger partial charge in [-0.3, -0.25) is 4.79 Å². The molecule has 1 atom stereocenters. The Labute approximate surface area is 99.9 Å². The fraction of sp³-hybridized carbons (Fsp3) is 0.385. The molecule has 1 heterocycles. The molecule has 1 unspecified atom stereocenters. The van der Waals surface area contributed by atoms with Gasteiger partial charge in [-0.25, -0.2) is 4.79 Å². The summed E-state index contributed by atoms with van der Waals surface area (Å²) in [5, 5.41) is 8.77. The Balaban J connectivity index is 2.12. The molecular weight excluding hydrogens is 218 g/mol. The summed E-state index contributed by atoms with van der Waals surface area (Å²) >= 11 is 0. The lowest BCUT2D eigenvalue weighted by molar-refractivity contribution is 0.0695. The van der Waals surface area contributed by atoms with Crippen LogP contribution in [0.3, 0.4) is 0 Å². The van der Waals surface area contributed by atoms with E-state index >= 15 is 0 Å². The standard InChI is InChI=1S/C13H15NO3/c1-9-6-7-14(8-9)12(15)10-2-4-11(5-3-10)13(16)17/h2-5,9H,6-8H2,1H3,(H,16,17). The van der Waals surface area contributed by atoms with E-state index in [1.807, 2.05) is 4.90 Å². The molecule has 0 spiro atoms. The van der Waals surface area contributed by atoms with Gasteiger partial charge in [0.25, 0.3) is 5.91 Å². The van der Waals surface area contributed by atoms with E-state index in [1.54, 1.807) is 12.1 Å². The smallest absolute Gasteiger partial charge is 0.335 e. The molecule has 1 aromatic rings. The molecule has 1 aliphatic heterocycles. The highest BCUT2D eigenvalue weighted by molar-refractivity contribution is 5.96. The molecule has 1 N–H and O–H groups in total. The minimum absolute atomic E-state index is 0.00807. The van der Waals surface area contributed by atoms with Crippen LogP contribution in [0.4, 0.5) is 0 Å². The summed E-state index contributed by atoms with van der Waals surface area (Å²) in [7, 11) is 0. The number of hydrogen-bond acceptors (Lipinski definition) is 2. The van der Waals surface area contributed by atoms with E-state index in [0.717, 1.165) is 19.5 Å². The largest absolute Gasteiger partial charge is 0.478 e. The van der Waals surface area contributed by atoms with Gasteiger partial charge in [-0.1, -0.05) is 6.92 Å². The molecule has 2 rings (SSSR count). The number of hydrogen-bond donors (Lipinski definition) is 1. The highest BCUT2D eigenvalue weighted by Gasteiger charge is 2.24. The van der Waals surface area contributed by atoms with Gasteiger partial charge in [-0.15, -0.1) is 0 Å². The molecule has 90 valence electrons. The zero-order chi connectivity index (χ0) is 12.4.